The molecule has 0 radical (unpaired) electrons. The quantitative estimate of drug-likeness (QED) is 0.879. The maximum Gasteiger partial charge on any atom is 0.222 e. The van der Waals surface area contributed by atoms with Crippen LogP contribution >= 0.6 is 0 Å². The molecule has 1 saturated carbocycles. The largest absolute Gasteiger partial charge is 0.351 e. The Balaban J connectivity index is 1.67. The van der Waals surface area contributed by atoms with E-state index >= 15 is 0 Å². The third kappa shape index (κ3) is 2.25. The molecule has 1 aliphatic carbocycles. The average molecular weight is 229 g/mol. The molecule has 17 heavy (non-hydrogen) atoms. The molecule has 1 N–H and O–H groups in total. The summed E-state index contributed by atoms with van der Waals surface area (Å²) < 4.78 is 13.1. The molecule has 3 nitrogen and oxygen atoms in total. The van der Waals surface area contributed by atoms with Gasteiger partial charge in [0.1, 0.15) is 5.82 Å². The lowest BCUT2D eigenvalue weighted by atomic mass is 10.1. The Morgan fingerprint density at radius 1 is 1.18 bits per heavy atom. The van der Waals surface area contributed by atoms with E-state index in [0.29, 0.717) is 17.9 Å². The van der Waals surface area contributed by atoms with Crippen molar-refractivity contribution in [2.24, 2.45) is 0 Å². The molecule has 1 fully saturated rings. The molecule has 0 spiro atoms. The number of aromatic nitrogens is 2. The van der Waals surface area contributed by atoms with Gasteiger partial charge in [-0.3, -0.25) is 0 Å². The fourth-order valence-corrected chi connectivity index (χ4v) is 2.00. The first kappa shape index (κ1) is 10.2. The van der Waals surface area contributed by atoms with Crippen LogP contribution in [0.5, 0.6) is 0 Å². The molecule has 2 aromatic rings. The molecule has 1 aliphatic rings. The number of rotatable bonds is 3. The molecule has 0 unspecified atom stereocenters. The van der Waals surface area contributed by atoms with Gasteiger partial charge in [0, 0.05) is 24.4 Å². The third-order valence-corrected chi connectivity index (χ3v) is 2.95. The molecule has 0 amide bonds. The molecule has 86 valence electrons. The Hall–Kier alpha value is -1.97. The van der Waals surface area contributed by atoms with E-state index < -0.39 is 0 Å². The Morgan fingerprint density at radius 3 is 2.76 bits per heavy atom. The zero-order valence-corrected chi connectivity index (χ0v) is 9.18. The summed E-state index contributed by atoms with van der Waals surface area (Å²) >= 11 is 0. The highest BCUT2D eigenvalue weighted by Crippen LogP contribution is 2.42. The average Bonchev–Trinajstić information content (AvgIpc) is 3.10. The van der Waals surface area contributed by atoms with Crippen molar-refractivity contribution in [3.63, 3.8) is 0 Å². The van der Waals surface area contributed by atoms with Crippen LogP contribution in [0.25, 0.3) is 0 Å². The van der Waals surface area contributed by atoms with Gasteiger partial charge in [-0.25, -0.2) is 14.4 Å². The second-order valence-corrected chi connectivity index (χ2v) is 4.22. The lowest BCUT2D eigenvalue weighted by Crippen LogP contribution is -2.07. The van der Waals surface area contributed by atoms with Crippen LogP contribution in [0.2, 0.25) is 0 Å². The summed E-state index contributed by atoms with van der Waals surface area (Å²) in [4.78, 5) is 8.22. The van der Waals surface area contributed by atoms with Crippen LogP contribution in [-0.4, -0.2) is 16.0 Å². The zero-order valence-electron chi connectivity index (χ0n) is 9.18. The molecule has 1 aromatic carbocycles. The van der Waals surface area contributed by atoms with Gasteiger partial charge in [-0.2, -0.15) is 0 Å². The number of nitrogens with one attached hydrogen (secondary N) is 1. The number of benzene rings is 1. The van der Waals surface area contributed by atoms with Gasteiger partial charge in [0.05, 0.1) is 0 Å². The lowest BCUT2D eigenvalue weighted by Gasteiger charge is -2.03. The predicted molar refractivity (Wildman–Crippen MR) is 63.2 cm³/mol. The minimum atomic E-state index is -0.177. The fourth-order valence-electron chi connectivity index (χ4n) is 2.00. The second kappa shape index (κ2) is 4.13. The SMILES string of the molecule is Fc1cccc([C@@H]2C[C@H]2Nc2ncccn2)c1. The number of nitrogens with zero attached hydrogens (tertiary/aromatic N) is 2. The second-order valence-electron chi connectivity index (χ2n) is 4.22. The van der Waals surface area contributed by atoms with E-state index in [1.807, 2.05) is 6.07 Å². The molecule has 0 saturated heterocycles. The van der Waals surface area contributed by atoms with E-state index in [0.717, 1.165) is 12.0 Å². The van der Waals surface area contributed by atoms with Gasteiger partial charge in [-0.1, -0.05) is 12.1 Å². The van der Waals surface area contributed by atoms with E-state index in [-0.39, 0.29) is 5.82 Å². The molecular formula is C13H12FN3. The van der Waals surface area contributed by atoms with Gasteiger partial charge in [0.15, 0.2) is 0 Å². The number of halogens is 1. The van der Waals surface area contributed by atoms with Gasteiger partial charge in [-0.15, -0.1) is 0 Å². The predicted octanol–water partition coefficient (Wildman–Crippen LogP) is 2.58. The molecule has 1 aromatic heterocycles. The van der Waals surface area contributed by atoms with E-state index in [1.165, 1.54) is 6.07 Å². The maximum atomic E-state index is 13.1. The van der Waals surface area contributed by atoms with Crippen molar-refractivity contribution >= 4 is 5.95 Å². The minimum absolute atomic E-state index is 0.177. The zero-order chi connectivity index (χ0) is 11.7. The van der Waals surface area contributed by atoms with Crippen molar-refractivity contribution in [3.8, 4) is 0 Å². The molecular weight excluding hydrogens is 217 g/mol. The van der Waals surface area contributed by atoms with Gasteiger partial charge < -0.3 is 5.32 Å². The highest BCUT2D eigenvalue weighted by molar-refractivity contribution is 5.36. The van der Waals surface area contributed by atoms with Crippen LogP contribution in [0.3, 0.4) is 0 Å². The monoisotopic (exact) mass is 229 g/mol. The van der Waals surface area contributed by atoms with Crippen LogP contribution in [0.4, 0.5) is 10.3 Å². The Kier molecular flexibility index (Phi) is 2.48. The molecule has 4 heteroatoms. The van der Waals surface area contributed by atoms with Crippen LogP contribution in [0.1, 0.15) is 17.9 Å². The standard InChI is InChI=1S/C13H12FN3/c14-10-4-1-3-9(7-10)11-8-12(11)17-13-15-5-2-6-16-13/h1-7,11-12H,8H2,(H,15,16,17)/t11-,12+/m0/s1. The van der Waals surface area contributed by atoms with Crippen molar-refractivity contribution in [2.45, 2.75) is 18.4 Å². The van der Waals surface area contributed by atoms with Crippen molar-refractivity contribution in [1.29, 1.82) is 0 Å². The van der Waals surface area contributed by atoms with Gasteiger partial charge in [0.25, 0.3) is 0 Å². The van der Waals surface area contributed by atoms with Crippen LogP contribution in [0.15, 0.2) is 42.7 Å². The van der Waals surface area contributed by atoms with Crippen LogP contribution < -0.4 is 5.32 Å². The Labute approximate surface area is 98.7 Å². The molecule has 0 bridgehead atoms. The number of hydrogen-bond donors (Lipinski definition) is 1. The maximum absolute atomic E-state index is 13.1. The summed E-state index contributed by atoms with van der Waals surface area (Å²) in [5, 5.41) is 3.24. The van der Waals surface area contributed by atoms with Crippen LogP contribution in [0, 0.1) is 5.82 Å². The normalized spacial score (nSPS) is 22.2. The van der Waals surface area contributed by atoms with E-state index in [1.54, 1.807) is 30.6 Å². The van der Waals surface area contributed by atoms with Crippen molar-refractivity contribution in [3.05, 3.63) is 54.1 Å². The first-order valence-electron chi connectivity index (χ1n) is 5.62. The summed E-state index contributed by atoms with van der Waals surface area (Å²) in [6, 6.07) is 8.87. The van der Waals surface area contributed by atoms with Gasteiger partial charge in [-0.05, 0) is 30.2 Å². The number of anilines is 1. The summed E-state index contributed by atoms with van der Waals surface area (Å²) in [6.45, 7) is 0. The van der Waals surface area contributed by atoms with Gasteiger partial charge in [0.2, 0.25) is 5.95 Å². The number of hydrogen-bond acceptors (Lipinski definition) is 3. The summed E-state index contributed by atoms with van der Waals surface area (Å²) in [7, 11) is 0. The molecule has 3 rings (SSSR count). The van der Waals surface area contributed by atoms with Crippen LogP contribution in [-0.2, 0) is 0 Å². The fraction of sp³-hybridized carbons (Fsp3) is 0.231. The molecule has 0 aliphatic heterocycles. The molecule has 1 heterocycles. The first-order chi connectivity index (χ1) is 8.33. The van der Waals surface area contributed by atoms with Crippen molar-refractivity contribution in [1.82, 2.24) is 9.97 Å². The smallest absolute Gasteiger partial charge is 0.222 e. The van der Waals surface area contributed by atoms with Crippen molar-refractivity contribution in [2.75, 3.05) is 5.32 Å². The van der Waals surface area contributed by atoms with E-state index in [2.05, 4.69) is 15.3 Å². The van der Waals surface area contributed by atoms with Gasteiger partial charge >= 0.3 is 0 Å². The first-order valence-corrected chi connectivity index (χ1v) is 5.62. The Morgan fingerprint density at radius 2 is 2.00 bits per heavy atom. The Bertz CT molecular complexity index is 515. The summed E-state index contributed by atoms with van der Waals surface area (Å²) in [5.41, 5.74) is 1.04. The topological polar surface area (TPSA) is 37.8 Å². The van der Waals surface area contributed by atoms with E-state index in [4.69, 9.17) is 0 Å². The third-order valence-electron chi connectivity index (χ3n) is 2.95. The highest BCUT2D eigenvalue weighted by atomic mass is 19.1. The minimum Gasteiger partial charge on any atom is -0.351 e. The lowest BCUT2D eigenvalue weighted by molar-refractivity contribution is 0.625. The highest BCUT2D eigenvalue weighted by Gasteiger charge is 2.38. The summed E-state index contributed by atoms with van der Waals surface area (Å²) in [6.07, 6.45) is 4.41. The summed E-state index contributed by atoms with van der Waals surface area (Å²) in [5.74, 6) is 0.829. The van der Waals surface area contributed by atoms with E-state index in [9.17, 15) is 4.39 Å². The van der Waals surface area contributed by atoms with Crippen molar-refractivity contribution < 1.29 is 4.39 Å². The molecule has 2 atom stereocenters.